The molecule has 0 aliphatic rings. The topological polar surface area (TPSA) is 9.23 Å². The van der Waals surface area contributed by atoms with Crippen molar-refractivity contribution in [3.8, 4) is 5.75 Å². The molecule has 0 saturated heterocycles. The minimum Gasteiger partial charge on any atom is -0.489 e. The van der Waals surface area contributed by atoms with Gasteiger partial charge in [-0.1, -0.05) is 23.7 Å². The van der Waals surface area contributed by atoms with Gasteiger partial charge in [-0.05, 0) is 42.0 Å². The van der Waals surface area contributed by atoms with Crippen molar-refractivity contribution >= 4 is 11.6 Å². The van der Waals surface area contributed by atoms with Crippen molar-refractivity contribution in [2.24, 2.45) is 0 Å². The van der Waals surface area contributed by atoms with Crippen LogP contribution in [0.1, 0.15) is 11.1 Å². The van der Waals surface area contributed by atoms with Gasteiger partial charge in [0.25, 0.3) is 0 Å². The van der Waals surface area contributed by atoms with Crippen LogP contribution in [0.4, 0.5) is 13.2 Å². The summed E-state index contributed by atoms with van der Waals surface area (Å²) in [6, 6.07) is 11.7. The van der Waals surface area contributed by atoms with Gasteiger partial charge in [0.05, 0.1) is 5.56 Å². The second kappa shape index (κ2) is 5.53. The van der Waals surface area contributed by atoms with Crippen molar-refractivity contribution in [3.63, 3.8) is 0 Å². The van der Waals surface area contributed by atoms with Crippen LogP contribution in [0.3, 0.4) is 0 Å². The van der Waals surface area contributed by atoms with Crippen molar-refractivity contribution in [3.05, 3.63) is 64.7 Å². The highest BCUT2D eigenvalue weighted by atomic mass is 35.5. The molecule has 0 aliphatic heterocycles. The lowest BCUT2D eigenvalue weighted by molar-refractivity contribution is -0.137. The fourth-order valence-electron chi connectivity index (χ4n) is 1.53. The first-order valence-electron chi connectivity index (χ1n) is 5.50. The summed E-state index contributed by atoms with van der Waals surface area (Å²) in [7, 11) is 0. The van der Waals surface area contributed by atoms with Gasteiger partial charge >= 0.3 is 6.18 Å². The third-order valence-corrected chi connectivity index (χ3v) is 2.71. The van der Waals surface area contributed by atoms with Crippen LogP contribution in [0.15, 0.2) is 48.5 Å². The minimum absolute atomic E-state index is 0.256. The molecule has 0 aliphatic carbocycles. The molecule has 2 rings (SSSR count). The molecule has 0 N–H and O–H groups in total. The van der Waals surface area contributed by atoms with Gasteiger partial charge in [-0.3, -0.25) is 0 Å². The SMILES string of the molecule is FC(F)(F)c1ccc(OCc2cccc(Cl)c2)cc1. The maximum atomic E-state index is 12.4. The lowest BCUT2D eigenvalue weighted by Gasteiger charge is -2.09. The van der Waals surface area contributed by atoms with E-state index >= 15 is 0 Å². The van der Waals surface area contributed by atoms with Crippen LogP contribution in [0, 0.1) is 0 Å². The lowest BCUT2D eigenvalue weighted by atomic mass is 10.2. The van der Waals surface area contributed by atoms with Crippen LogP contribution in [0.2, 0.25) is 5.02 Å². The van der Waals surface area contributed by atoms with Crippen LogP contribution in [0.25, 0.3) is 0 Å². The zero-order chi connectivity index (χ0) is 13.9. The first-order valence-corrected chi connectivity index (χ1v) is 5.87. The largest absolute Gasteiger partial charge is 0.489 e. The van der Waals surface area contributed by atoms with Gasteiger partial charge in [0.1, 0.15) is 12.4 Å². The number of benzene rings is 2. The van der Waals surface area contributed by atoms with Crippen LogP contribution < -0.4 is 4.74 Å². The summed E-state index contributed by atoms with van der Waals surface area (Å²) in [5.74, 6) is 0.382. The molecule has 0 saturated carbocycles. The van der Waals surface area contributed by atoms with Gasteiger partial charge in [0.15, 0.2) is 0 Å². The van der Waals surface area contributed by atoms with Gasteiger partial charge < -0.3 is 4.74 Å². The van der Waals surface area contributed by atoms with Crippen LogP contribution in [-0.2, 0) is 12.8 Å². The molecule has 0 spiro atoms. The fourth-order valence-corrected chi connectivity index (χ4v) is 1.75. The summed E-state index contributed by atoms with van der Waals surface area (Å²) in [6.07, 6.45) is -4.33. The molecule has 0 bridgehead atoms. The monoisotopic (exact) mass is 286 g/mol. The van der Waals surface area contributed by atoms with E-state index in [9.17, 15) is 13.2 Å². The number of hydrogen-bond acceptors (Lipinski definition) is 1. The lowest BCUT2D eigenvalue weighted by Crippen LogP contribution is -2.04. The molecule has 0 atom stereocenters. The van der Waals surface area contributed by atoms with Crippen molar-refractivity contribution < 1.29 is 17.9 Å². The van der Waals surface area contributed by atoms with E-state index in [1.807, 2.05) is 6.07 Å². The summed E-state index contributed by atoms with van der Waals surface area (Å²) in [6.45, 7) is 0.256. The molecule has 100 valence electrons. The maximum Gasteiger partial charge on any atom is 0.416 e. The summed E-state index contributed by atoms with van der Waals surface area (Å²) in [5.41, 5.74) is 0.162. The summed E-state index contributed by atoms with van der Waals surface area (Å²) in [4.78, 5) is 0. The van der Waals surface area contributed by atoms with Crippen LogP contribution in [0.5, 0.6) is 5.75 Å². The second-order valence-electron chi connectivity index (χ2n) is 3.94. The maximum absolute atomic E-state index is 12.4. The normalized spacial score (nSPS) is 11.4. The van der Waals surface area contributed by atoms with Gasteiger partial charge in [0.2, 0.25) is 0 Å². The van der Waals surface area contributed by atoms with E-state index in [4.69, 9.17) is 16.3 Å². The third kappa shape index (κ3) is 3.89. The molecule has 0 unspecified atom stereocenters. The second-order valence-corrected chi connectivity index (χ2v) is 4.38. The average Bonchev–Trinajstić information content (AvgIpc) is 2.36. The Balaban J connectivity index is 2.01. The number of halogens is 4. The Morgan fingerprint density at radius 1 is 1.00 bits per heavy atom. The summed E-state index contributed by atoms with van der Waals surface area (Å²) in [5, 5.41) is 0.591. The highest BCUT2D eigenvalue weighted by Gasteiger charge is 2.29. The quantitative estimate of drug-likeness (QED) is 0.777. The Morgan fingerprint density at radius 3 is 2.26 bits per heavy atom. The van der Waals surface area contributed by atoms with Gasteiger partial charge in [-0.25, -0.2) is 0 Å². The Morgan fingerprint density at radius 2 is 1.68 bits per heavy atom. The number of hydrogen-bond donors (Lipinski definition) is 0. The van der Waals surface area contributed by atoms with E-state index in [1.165, 1.54) is 12.1 Å². The molecule has 0 radical (unpaired) electrons. The van der Waals surface area contributed by atoms with E-state index in [0.717, 1.165) is 17.7 Å². The van der Waals surface area contributed by atoms with E-state index < -0.39 is 11.7 Å². The zero-order valence-corrected chi connectivity index (χ0v) is 10.5. The van der Waals surface area contributed by atoms with E-state index in [-0.39, 0.29) is 6.61 Å². The molecule has 2 aromatic carbocycles. The van der Waals surface area contributed by atoms with Gasteiger partial charge in [-0.2, -0.15) is 13.2 Å². The smallest absolute Gasteiger partial charge is 0.416 e. The third-order valence-electron chi connectivity index (χ3n) is 2.48. The molecule has 1 nitrogen and oxygen atoms in total. The van der Waals surface area contributed by atoms with E-state index in [0.29, 0.717) is 10.8 Å². The fraction of sp³-hybridized carbons (Fsp3) is 0.143. The van der Waals surface area contributed by atoms with Crippen LogP contribution in [-0.4, -0.2) is 0 Å². The summed E-state index contributed by atoms with van der Waals surface area (Å²) >= 11 is 5.82. The van der Waals surface area contributed by atoms with Gasteiger partial charge in [-0.15, -0.1) is 0 Å². The van der Waals surface area contributed by atoms with Crippen LogP contribution >= 0.6 is 11.6 Å². The number of rotatable bonds is 3. The molecule has 5 heteroatoms. The van der Waals surface area contributed by atoms with E-state index in [1.54, 1.807) is 18.2 Å². The van der Waals surface area contributed by atoms with Crippen molar-refractivity contribution in [1.82, 2.24) is 0 Å². The van der Waals surface area contributed by atoms with Gasteiger partial charge in [0, 0.05) is 5.02 Å². The number of ether oxygens (including phenoxy) is 1. The molecule has 0 fully saturated rings. The zero-order valence-electron chi connectivity index (χ0n) is 9.75. The van der Waals surface area contributed by atoms with Crippen molar-refractivity contribution in [1.29, 1.82) is 0 Å². The predicted octanol–water partition coefficient (Wildman–Crippen LogP) is 4.94. The molecule has 0 heterocycles. The Bertz CT molecular complexity index is 549. The molecule has 0 amide bonds. The molecule has 0 aromatic heterocycles. The standard InChI is InChI=1S/C14H10ClF3O/c15-12-3-1-2-10(8-12)9-19-13-6-4-11(5-7-13)14(16,17)18/h1-8H,9H2. The molecule has 19 heavy (non-hydrogen) atoms. The predicted molar refractivity (Wildman–Crippen MR) is 67.2 cm³/mol. The average molecular weight is 287 g/mol. The molecular formula is C14H10ClF3O. The molecular weight excluding hydrogens is 277 g/mol. The Hall–Kier alpha value is -1.68. The molecule has 2 aromatic rings. The number of alkyl halides is 3. The van der Waals surface area contributed by atoms with E-state index in [2.05, 4.69) is 0 Å². The first kappa shape index (κ1) is 13.7. The highest BCUT2D eigenvalue weighted by Crippen LogP contribution is 2.30. The van der Waals surface area contributed by atoms with Crippen molar-refractivity contribution in [2.75, 3.05) is 0 Å². The first-order chi connectivity index (χ1) is 8.95. The minimum atomic E-state index is -4.33. The van der Waals surface area contributed by atoms with Crippen molar-refractivity contribution in [2.45, 2.75) is 12.8 Å². The highest BCUT2D eigenvalue weighted by molar-refractivity contribution is 6.30. The Labute approximate surface area is 113 Å². The Kier molecular flexibility index (Phi) is 4.00. The summed E-state index contributed by atoms with van der Waals surface area (Å²) < 4.78 is 42.5.